The van der Waals surface area contributed by atoms with Crippen molar-refractivity contribution in [2.24, 2.45) is 0 Å². The van der Waals surface area contributed by atoms with Crippen molar-refractivity contribution >= 4 is 38.9 Å². The Kier molecular flexibility index (Phi) is 5.47. The van der Waals surface area contributed by atoms with Crippen molar-refractivity contribution in [2.45, 2.75) is 10.9 Å². The number of nitrogen functional groups attached to an aromatic ring is 1. The molecular weight excluding hydrogens is 455 g/mol. The molecule has 0 fully saturated rings. The predicted molar refractivity (Wildman–Crippen MR) is 108 cm³/mol. The minimum absolute atomic E-state index is 0.169. The van der Waals surface area contributed by atoms with E-state index >= 15 is 0 Å². The molecule has 1 aromatic carbocycles. The molecule has 13 heteroatoms. The molecule has 0 aliphatic carbocycles. The average molecular weight is 467 g/mol. The molecule has 0 spiro atoms. The van der Waals surface area contributed by atoms with Crippen LogP contribution in [0.1, 0.15) is 5.56 Å². The zero-order valence-corrected chi connectivity index (χ0v) is 17.3. The monoisotopic (exact) mass is 466 g/mol. The van der Waals surface area contributed by atoms with E-state index in [4.69, 9.17) is 21.5 Å². The SMILES string of the molecule is Nc1c(-c2nnc(S(=O)(=O)OCc3ccc(F)cc3)s2)cnn1-c1ncccc1Cl. The normalized spacial score (nSPS) is 11.7. The lowest BCUT2D eigenvalue weighted by molar-refractivity contribution is 0.307. The van der Waals surface area contributed by atoms with Crippen molar-refractivity contribution in [3.63, 3.8) is 0 Å². The fourth-order valence-corrected chi connectivity index (χ4v) is 4.54. The first-order valence-electron chi connectivity index (χ1n) is 8.27. The Balaban J connectivity index is 1.57. The molecule has 0 aliphatic heterocycles. The number of halogens is 2. The van der Waals surface area contributed by atoms with E-state index < -0.39 is 15.9 Å². The van der Waals surface area contributed by atoms with Gasteiger partial charge >= 0.3 is 10.1 Å². The molecule has 4 aromatic rings. The van der Waals surface area contributed by atoms with Crippen molar-refractivity contribution in [3.8, 4) is 16.4 Å². The number of nitrogens with two attached hydrogens (primary N) is 1. The zero-order chi connectivity index (χ0) is 21.3. The summed E-state index contributed by atoms with van der Waals surface area (Å²) in [5.41, 5.74) is 6.99. The first-order chi connectivity index (χ1) is 14.3. The highest BCUT2D eigenvalue weighted by Gasteiger charge is 2.24. The van der Waals surface area contributed by atoms with Gasteiger partial charge in [0.2, 0.25) is 0 Å². The second-order valence-electron chi connectivity index (χ2n) is 5.88. The molecule has 0 bridgehead atoms. The number of aromatic nitrogens is 5. The Morgan fingerprint density at radius 1 is 1.20 bits per heavy atom. The summed E-state index contributed by atoms with van der Waals surface area (Å²) in [6, 6.07) is 8.58. The van der Waals surface area contributed by atoms with Crippen LogP contribution in [-0.2, 0) is 20.9 Å². The Morgan fingerprint density at radius 3 is 2.70 bits per heavy atom. The van der Waals surface area contributed by atoms with E-state index in [-0.39, 0.29) is 21.8 Å². The van der Waals surface area contributed by atoms with Gasteiger partial charge in [-0.05, 0) is 29.8 Å². The van der Waals surface area contributed by atoms with E-state index in [2.05, 4.69) is 20.3 Å². The molecule has 9 nitrogen and oxygen atoms in total. The van der Waals surface area contributed by atoms with Crippen molar-refractivity contribution in [3.05, 3.63) is 65.2 Å². The maximum absolute atomic E-state index is 13.0. The Bertz CT molecular complexity index is 1310. The lowest BCUT2D eigenvalue weighted by Crippen LogP contribution is -2.06. The average Bonchev–Trinajstić information content (AvgIpc) is 3.35. The molecule has 0 atom stereocenters. The lowest BCUT2D eigenvalue weighted by atomic mass is 10.2. The molecule has 154 valence electrons. The largest absolute Gasteiger partial charge is 0.383 e. The highest BCUT2D eigenvalue weighted by atomic mass is 35.5. The standard InChI is InChI=1S/C17H12ClFN6O3S2/c18-13-2-1-7-21-15(13)25-14(20)12(8-22-25)16-23-24-17(29-16)30(26,27)28-9-10-3-5-11(19)6-4-10/h1-8H,9,20H2. The van der Waals surface area contributed by atoms with Gasteiger partial charge in [0.1, 0.15) is 11.6 Å². The van der Waals surface area contributed by atoms with Crippen LogP contribution in [0.4, 0.5) is 10.2 Å². The van der Waals surface area contributed by atoms with Crippen molar-refractivity contribution in [1.82, 2.24) is 25.0 Å². The number of hydrogen-bond donors (Lipinski definition) is 1. The zero-order valence-electron chi connectivity index (χ0n) is 14.9. The van der Waals surface area contributed by atoms with Crippen LogP contribution in [0.25, 0.3) is 16.4 Å². The summed E-state index contributed by atoms with van der Waals surface area (Å²) in [4.78, 5) is 4.14. The van der Waals surface area contributed by atoms with Gasteiger partial charge in [-0.15, -0.1) is 10.2 Å². The molecule has 30 heavy (non-hydrogen) atoms. The molecule has 3 heterocycles. The molecule has 0 unspecified atom stereocenters. The number of pyridine rings is 1. The number of anilines is 1. The van der Waals surface area contributed by atoms with Gasteiger partial charge in [-0.1, -0.05) is 35.1 Å². The minimum atomic E-state index is -4.17. The molecular formula is C17H12ClFN6O3S2. The Hall–Kier alpha value is -2.93. The van der Waals surface area contributed by atoms with Crippen molar-refractivity contribution in [2.75, 3.05) is 5.73 Å². The van der Waals surface area contributed by atoms with Gasteiger partial charge in [0.15, 0.2) is 10.8 Å². The molecule has 2 N–H and O–H groups in total. The van der Waals surface area contributed by atoms with Gasteiger partial charge in [0, 0.05) is 6.20 Å². The predicted octanol–water partition coefficient (Wildman–Crippen LogP) is 3.07. The van der Waals surface area contributed by atoms with Gasteiger partial charge in [0.25, 0.3) is 4.34 Å². The summed E-state index contributed by atoms with van der Waals surface area (Å²) in [5.74, 6) is 0.0614. The third kappa shape index (κ3) is 4.03. The van der Waals surface area contributed by atoms with E-state index in [9.17, 15) is 12.8 Å². The molecule has 0 aliphatic rings. The van der Waals surface area contributed by atoms with Crippen LogP contribution in [-0.4, -0.2) is 33.4 Å². The summed E-state index contributed by atoms with van der Waals surface area (Å²) in [6.07, 6.45) is 2.95. The molecule has 0 saturated heterocycles. The van der Waals surface area contributed by atoms with Crippen LogP contribution in [0.5, 0.6) is 0 Å². The van der Waals surface area contributed by atoms with Crippen LogP contribution in [0.2, 0.25) is 5.02 Å². The summed E-state index contributed by atoms with van der Waals surface area (Å²) < 4.78 is 43.7. The minimum Gasteiger partial charge on any atom is -0.383 e. The maximum atomic E-state index is 13.0. The summed E-state index contributed by atoms with van der Waals surface area (Å²) in [7, 11) is -4.17. The highest BCUT2D eigenvalue weighted by molar-refractivity contribution is 7.88. The smallest absolute Gasteiger partial charge is 0.326 e. The van der Waals surface area contributed by atoms with Gasteiger partial charge in [0.05, 0.1) is 23.4 Å². The van der Waals surface area contributed by atoms with Crippen molar-refractivity contribution < 1.29 is 17.0 Å². The van der Waals surface area contributed by atoms with Gasteiger partial charge in [-0.25, -0.2) is 9.37 Å². The van der Waals surface area contributed by atoms with Crippen LogP contribution in [0.3, 0.4) is 0 Å². The van der Waals surface area contributed by atoms with Crippen LogP contribution >= 0.6 is 22.9 Å². The number of benzene rings is 1. The first-order valence-corrected chi connectivity index (χ1v) is 10.9. The highest BCUT2D eigenvalue weighted by Crippen LogP contribution is 2.32. The van der Waals surface area contributed by atoms with Crippen LogP contribution < -0.4 is 5.73 Å². The Morgan fingerprint density at radius 2 is 1.97 bits per heavy atom. The summed E-state index contributed by atoms with van der Waals surface area (Å²) in [6.45, 7) is -0.268. The Labute approximate surface area is 179 Å². The van der Waals surface area contributed by atoms with E-state index in [0.29, 0.717) is 22.0 Å². The fraction of sp³-hybridized carbons (Fsp3) is 0.0588. The topological polar surface area (TPSA) is 126 Å². The quantitative estimate of drug-likeness (QED) is 0.429. The third-order valence-electron chi connectivity index (χ3n) is 3.89. The van der Waals surface area contributed by atoms with Gasteiger partial charge < -0.3 is 5.73 Å². The number of nitrogens with zero attached hydrogens (tertiary/aromatic N) is 5. The van der Waals surface area contributed by atoms with E-state index in [1.807, 2.05) is 0 Å². The maximum Gasteiger partial charge on any atom is 0.326 e. The van der Waals surface area contributed by atoms with Gasteiger partial charge in [-0.2, -0.15) is 18.2 Å². The molecule has 4 rings (SSSR count). The van der Waals surface area contributed by atoms with Crippen LogP contribution in [0.15, 0.2) is 53.1 Å². The second kappa shape index (κ2) is 8.07. The van der Waals surface area contributed by atoms with E-state index in [1.165, 1.54) is 41.3 Å². The third-order valence-corrected chi connectivity index (χ3v) is 6.74. The van der Waals surface area contributed by atoms with Crippen molar-refractivity contribution in [1.29, 1.82) is 0 Å². The second-order valence-corrected chi connectivity index (χ2v) is 9.05. The summed E-state index contributed by atoms with van der Waals surface area (Å²) in [5, 5.41) is 12.3. The molecule has 0 radical (unpaired) electrons. The summed E-state index contributed by atoms with van der Waals surface area (Å²) >= 11 is 6.90. The lowest BCUT2D eigenvalue weighted by Gasteiger charge is -2.04. The molecule has 3 aromatic heterocycles. The van der Waals surface area contributed by atoms with E-state index in [1.54, 1.807) is 12.1 Å². The van der Waals surface area contributed by atoms with Gasteiger partial charge in [-0.3, -0.25) is 4.18 Å². The molecule has 0 amide bonds. The fourth-order valence-electron chi connectivity index (χ4n) is 2.42. The van der Waals surface area contributed by atoms with E-state index in [0.717, 1.165) is 11.3 Å². The van der Waals surface area contributed by atoms with Crippen LogP contribution in [0, 0.1) is 5.82 Å². The number of rotatable bonds is 6. The first kappa shape index (κ1) is 20.3. The molecule has 0 saturated carbocycles. The number of hydrogen-bond acceptors (Lipinski definition) is 9.